The smallest absolute Gasteiger partial charge is 0.409 e. The molecule has 0 aliphatic carbocycles. The Labute approximate surface area is 170 Å². The van der Waals surface area contributed by atoms with Crippen LogP contribution in [-0.2, 0) is 16.0 Å². The highest BCUT2D eigenvalue weighted by Crippen LogP contribution is 2.20. The van der Waals surface area contributed by atoms with Crippen molar-refractivity contribution in [2.24, 2.45) is 0 Å². The van der Waals surface area contributed by atoms with Crippen LogP contribution in [0.2, 0.25) is 0 Å². The minimum atomic E-state index is -0.341. The van der Waals surface area contributed by atoms with Crippen molar-refractivity contribution >= 4 is 12.0 Å². The molecule has 8 heteroatoms. The number of hydrogen-bond donors (Lipinski definition) is 1. The van der Waals surface area contributed by atoms with Gasteiger partial charge >= 0.3 is 6.09 Å². The SMILES string of the molecule is COC(=O)N1CCCCC(NC(=O)CCCc2nc(-c3ccccc3C)no2)C1. The summed E-state index contributed by atoms with van der Waals surface area (Å²) in [6.45, 7) is 3.16. The first-order chi connectivity index (χ1) is 14.1. The van der Waals surface area contributed by atoms with Gasteiger partial charge in [0.15, 0.2) is 0 Å². The third-order valence-corrected chi connectivity index (χ3v) is 5.12. The minimum absolute atomic E-state index is 0.0274. The molecule has 8 nitrogen and oxygen atoms in total. The standard InChI is InChI=1S/C21H28N4O4/c1-15-8-3-4-10-17(15)20-23-19(29-24-20)12-7-11-18(26)22-16-9-5-6-13-25(14-16)21(27)28-2/h3-4,8,10,16H,5-7,9,11-14H2,1-2H3,(H,22,26). The van der Waals surface area contributed by atoms with E-state index in [-0.39, 0.29) is 18.0 Å². The number of aryl methyl sites for hydroxylation is 2. The van der Waals surface area contributed by atoms with E-state index in [1.165, 1.54) is 7.11 Å². The Kier molecular flexibility index (Phi) is 7.21. The number of carbonyl (C=O) groups excluding carboxylic acids is 2. The van der Waals surface area contributed by atoms with Crippen LogP contribution in [0.15, 0.2) is 28.8 Å². The highest BCUT2D eigenvalue weighted by molar-refractivity contribution is 5.76. The van der Waals surface area contributed by atoms with E-state index in [9.17, 15) is 9.59 Å². The largest absolute Gasteiger partial charge is 0.453 e. The lowest BCUT2D eigenvalue weighted by Gasteiger charge is -2.23. The molecule has 1 atom stereocenters. The summed E-state index contributed by atoms with van der Waals surface area (Å²) < 4.78 is 10.1. The van der Waals surface area contributed by atoms with Crippen LogP contribution < -0.4 is 5.32 Å². The number of hydrogen-bond acceptors (Lipinski definition) is 6. The molecule has 1 N–H and O–H groups in total. The molecule has 1 aromatic carbocycles. The lowest BCUT2D eigenvalue weighted by Crippen LogP contribution is -2.44. The van der Waals surface area contributed by atoms with E-state index in [0.717, 1.165) is 30.4 Å². The first-order valence-electron chi connectivity index (χ1n) is 10.1. The Bertz CT molecular complexity index is 836. The highest BCUT2D eigenvalue weighted by Gasteiger charge is 2.23. The van der Waals surface area contributed by atoms with Crippen LogP contribution in [0.25, 0.3) is 11.4 Å². The molecule has 0 bridgehead atoms. The molecule has 1 aliphatic rings. The lowest BCUT2D eigenvalue weighted by molar-refractivity contribution is -0.122. The molecular formula is C21H28N4O4. The Morgan fingerprint density at radius 1 is 1.31 bits per heavy atom. The predicted molar refractivity (Wildman–Crippen MR) is 107 cm³/mol. The fourth-order valence-corrected chi connectivity index (χ4v) is 3.54. The normalized spacial score (nSPS) is 16.9. The number of amides is 2. The number of benzene rings is 1. The van der Waals surface area contributed by atoms with Crippen molar-refractivity contribution in [3.05, 3.63) is 35.7 Å². The molecule has 2 aromatic rings. The van der Waals surface area contributed by atoms with Gasteiger partial charge in [-0.2, -0.15) is 4.98 Å². The number of likely N-dealkylation sites (tertiary alicyclic amines) is 1. The van der Waals surface area contributed by atoms with Gasteiger partial charge < -0.3 is 19.5 Å². The molecule has 3 rings (SSSR count). The van der Waals surface area contributed by atoms with E-state index < -0.39 is 0 Å². The second-order valence-electron chi connectivity index (χ2n) is 7.36. The molecule has 2 heterocycles. The van der Waals surface area contributed by atoms with Gasteiger partial charge in [-0.15, -0.1) is 0 Å². The predicted octanol–water partition coefficient (Wildman–Crippen LogP) is 3.10. The summed E-state index contributed by atoms with van der Waals surface area (Å²) >= 11 is 0. The molecule has 2 amide bonds. The third kappa shape index (κ3) is 5.79. The van der Waals surface area contributed by atoms with Crippen molar-refractivity contribution in [3.63, 3.8) is 0 Å². The van der Waals surface area contributed by atoms with Gasteiger partial charge in [0.05, 0.1) is 7.11 Å². The van der Waals surface area contributed by atoms with Crippen LogP contribution in [-0.4, -0.2) is 53.3 Å². The Morgan fingerprint density at radius 3 is 2.93 bits per heavy atom. The quantitative estimate of drug-likeness (QED) is 0.800. The highest BCUT2D eigenvalue weighted by atomic mass is 16.5. The maximum Gasteiger partial charge on any atom is 0.409 e. The fourth-order valence-electron chi connectivity index (χ4n) is 3.54. The van der Waals surface area contributed by atoms with E-state index in [4.69, 9.17) is 9.26 Å². The van der Waals surface area contributed by atoms with Crippen molar-refractivity contribution in [1.82, 2.24) is 20.4 Å². The molecule has 1 unspecified atom stereocenters. The van der Waals surface area contributed by atoms with Crippen molar-refractivity contribution in [2.75, 3.05) is 20.2 Å². The summed E-state index contributed by atoms with van der Waals surface area (Å²) in [7, 11) is 1.38. The number of aromatic nitrogens is 2. The van der Waals surface area contributed by atoms with E-state index in [1.807, 2.05) is 31.2 Å². The maximum atomic E-state index is 12.3. The van der Waals surface area contributed by atoms with E-state index >= 15 is 0 Å². The zero-order valence-electron chi connectivity index (χ0n) is 17.0. The molecule has 29 heavy (non-hydrogen) atoms. The second-order valence-corrected chi connectivity index (χ2v) is 7.36. The van der Waals surface area contributed by atoms with E-state index in [1.54, 1.807) is 4.90 Å². The topological polar surface area (TPSA) is 97.6 Å². The second kappa shape index (κ2) is 10.0. The van der Waals surface area contributed by atoms with Gasteiger partial charge in [-0.05, 0) is 38.2 Å². The van der Waals surface area contributed by atoms with Crippen LogP contribution >= 0.6 is 0 Å². The van der Waals surface area contributed by atoms with Crippen molar-refractivity contribution in [2.45, 2.75) is 51.5 Å². The molecular weight excluding hydrogens is 372 g/mol. The van der Waals surface area contributed by atoms with Crippen molar-refractivity contribution in [3.8, 4) is 11.4 Å². The van der Waals surface area contributed by atoms with Crippen LogP contribution in [0.4, 0.5) is 4.79 Å². The van der Waals surface area contributed by atoms with Gasteiger partial charge in [0.2, 0.25) is 17.6 Å². The number of rotatable bonds is 6. The number of methoxy groups -OCH3 is 1. The van der Waals surface area contributed by atoms with Crippen molar-refractivity contribution in [1.29, 1.82) is 0 Å². The van der Waals surface area contributed by atoms with Gasteiger partial charge in [-0.1, -0.05) is 29.4 Å². The zero-order valence-corrected chi connectivity index (χ0v) is 17.0. The molecule has 0 spiro atoms. The molecule has 1 aliphatic heterocycles. The number of nitrogens with one attached hydrogen (secondary N) is 1. The molecule has 1 fully saturated rings. The van der Waals surface area contributed by atoms with Gasteiger partial charge in [0, 0.05) is 37.5 Å². The summed E-state index contributed by atoms with van der Waals surface area (Å²) in [6.07, 6.45) is 3.95. The Hall–Kier alpha value is -2.90. The molecule has 1 saturated heterocycles. The van der Waals surface area contributed by atoms with Crippen LogP contribution in [0.1, 0.15) is 43.6 Å². The first-order valence-corrected chi connectivity index (χ1v) is 10.1. The van der Waals surface area contributed by atoms with Crippen molar-refractivity contribution < 1.29 is 18.8 Å². The molecule has 156 valence electrons. The average molecular weight is 400 g/mol. The van der Waals surface area contributed by atoms with Crippen LogP contribution in [0, 0.1) is 6.92 Å². The first kappa shape index (κ1) is 20.8. The van der Waals surface area contributed by atoms with Gasteiger partial charge in [0.1, 0.15) is 0 Å². The minimum Gasteiger partial charge on any atom is -0.453 e. The van der Waals surface area contributed by atoms with E-state index in [0.29, 0.717) is 44.1 Å². The summed E-state index contributed by atoms with van der Waals surface area (Å²) in [6, 6.07) is 7.83. The Morgan fingerprint density at radius 2 is 2.14 bits per heavy atom. The number of nitrogens with zero attached hydrogens (tertiary/aromatic N) is 3. The molecule has 1 aromatic heterocycles. The zero-order chi connectivity index (χ0) is 20.6. The number of ether oxygens (including phenoxy) is 1. The van der Waals surface area contributed by atoms with Crippen LogP contribution in [0.3, 0.4) is 0 Å². The van der Waals surface area contributed by atoms with Gasteiger partial charge in [-0.3, -0.25) is 4.79 Å². The maximum absolute atomic E-state index is 12.3. The summed E-state index contributed by atoms with van der Waals surface area (Å²) in [5.74, 6) is 1.08. The summed E-state index contributed by atoms with van der Waals surface area (Å²) in [5, 5.41) is 7.08. The van der Waals surface area contributed by atoms with E-state index in [2.05, 4.69) is 15.5 Å². The van der Waals surface area contributed by atoms with Crippen LogP contribution in [0.5, 0.6) is 0 Å². The average Bonchev–Trinajstić information content (AvgIpc) is 3.05. The fraction of sp³-hybridized carbons (Fsp3) is 0.524. The summed E-state index contributed by atoms with van der Waals surface area (Å²) in [4.78, 5) is 30.2. The molecule has 0 radical (unpaired) electrons. The van der Waals surface area contributed by atoms with Gasteiger partial charge in [-0.25, -0.2) is 4.79 Å². The Balaban J connectivity index is 1.45. The summed E-state index contributed by atoms with van der Waals surface area (Å²) in [5.41, 5.74) is 2.03. The third-order valence-electron chi connectivity index (χ3n) is 5.12. The van der Waals surface area contributed by atoms with Gasteiger partial charge in [0.25, 0.3) is 0 Å². The lowest BCUT2D eigenvalue weighted by atomic mass is 10.1. The monoisotopic (exact) mass is 400 g/mol. The molecule has 0 saturated carbocycles. The number of carbonyl (C=O) groups is 2.